The largest absolute Gasteiger partial charge is 0.399 e. The van der Waals surface area contributed by atoms with E-state index in [1.54, 1.807) is 38.1 Å². The first kappa shape index (κ1) is 17.4. The third-order valence-electron chi connectivity index (χ3n) is 3.03. The standard InChI is InChI=1S/C13H22N4O3S/c1-3-16(4-2)21(19,20)17(10-13(15)18)9-11-5-7-12(14)8-6-11/h5-8H,3-4,9-10,14H2,1-2H3,(H2,15,18). The highest BCUT2D eigenvalue weighted by atomic mass is 32.2. The average Bonchev–Trinajstić information content (AvgIpc) is 2.41. The molecule has 1 rings (SSSR count). The van der Waals surface area contributed by atoms with Gasteiger partial charge in [-0.3, -0.25) is 4.79 Å². The number of amides is 1. The predicted molar refractivity (Wildman–Crippen MR) is 82.3 cm³/mol. The van der Waals surface area contributed by atoms with Crippen LogP contribution in [0.5, 0.6) is 0 Å². The van der Waals surface area contributed by atoms with Crippen molar-refractivity contribution in [3.8, 4) is 0 Å². The molecule has 0 aliphatic heterocycles. The average molecular weight is 314 g/mol. The molecule has 1 aromatic carbocycles. The van der Waals surface area contributed by atoms with Crippen LogP contribution in [0.25, 0.3) is 0 Å². The van der Waals surface area contributed by atoms with E-state index in [1.807, 2.05) is 0 Å². The van der Waals surface area contributed by atoms with E-state index < -0.39 is 16.1 Å². The number of nitrogens with two attached hydrogens (primary N) is 2. The van der Waals surface area contributed by atoms with Crippen LogP contribution in [-0.2, 0) is 21.5 Å². The highest BCUT2D eigenvalue weighted by molar-refractivity contribution is 7.86. The molecule has 1 aromatic rings. The first-order chi connectivity index (χ1) is 9.81. The van der Waals surface area contributed by atoms with Gasteiger partial charge in [-0.05, 0) is 17.7 Å². The van der Waals surface area contributed by atoms with Crippen LogP contribution in [0.2, 0.25) is 0 Å². The number of nitrogens with zero attached hydrogens (tertiary/aromatic N) is 2. The molecule has 21 heavy (non-hydrogen) atoms. The van der Waals surface area contributed by atoms with Gasteiger partial charge < -0.3 is 11.5 Å². The van der Waals surface area contributed by atoms with Crippen LogP contribution in [0, 0.1) is 0 Å². The number of primary amides is 1. The molecule has 1 amide bonds. The molecule has 0 fully saturated rings. The first-order valence-electron chi connectivity index (χ1n) is 6.69. The Morgan fingerprint density at radius 3 is 2.05 bits per heavy atom. The minimum Gasteiger partial charge on any atom is -0.399 e. The summed E-state index contributed by atoms with van der Waals surface area (Å²) in [6, 6.07) is 6.81. The van der Waals surface area contributed by atoms with Gasteiger partial charge in [-0.15, -0.1) is 0 Å². The predicted octanol–water partition coefficient (Wildman–Crippen LogP) is 0.143. The number of carbonyl (C=O) groups excluding carboxylic acids is 1. The van der Waals surface area contributed by atoms with E-state index in [9.17, 15) is 13.2 Å². The topological polar surface area (TPSA) is 110 Å². The SMILES string of the molecule is CCN(CC)S(=O)(=O)N(CC(N)=O)Cc1ccc(N)cc1. The summed E-state index contributed by atoms with van der Waals surface area (Å²) in [5, 5.41) is 0. The molecular weight excluding hydrogens is 292 g/mol. The summed E-state index contributed by atoms with van der Waals surface area (Å²) < 4.78 is 27.4. The van der Waals surface area contributed by atoms with Gasteiger partial charge >= 0.3 is 0 Å². The Balaban J connectivity index is 3.05. The zero-order valence-electron chi connectivity index (χ0n) is 12.3. The second kappa shape index (κ2) is 7.39. The lowest BCUT2D eigenvalue weighted by Gasteiger charge is -2.27. The molecule has 0 bridgehead atoms. The summed E-state index contributed by atoms with van der Waals surface area (Å²) in [5.74, 6) is -0.693. The molecule has 0 radical (unpaired) electrons. The monoisotopic (exact) mass is 314 g/mol. The molecule has 0 aliphatic rings. The molecule has 0 aliphatic carbocycles. The minimum absolute atomic E-state index is 0.0715. The Bertz CT molecular complexity index is 568. The minimum atomic E-state index is -3.73. The molecule has 0 unspecified atom stereocenters. The third-order valence-corrected chi connectivity index (χ3v) is 5.11. The van der Waals surface area contributed by atoms with Crippen molar-refractivity contribution >= 4 is 21.8 Å². The normalized spacial score (nSPS) is 12.0. The molecule has 0 aromatic heterocycles. The highest BCUT2D eigenvalue weighted by Gasteiger charge is 2.28. The lowest BCUT2D eigenvalue weighted by atomic mass is 10.2. The second-order valence-corrected chi connectivity index (χ2v) is 6.50. The van der Waals surface area contributed by atoms with Crippen LogP contribution in [0.15, 0.2) is 24.3 Å². The van der Waals surface area contributed by atoms with Crippen molar-refractivity contribution in [1.29, 1.82) is 0 Å². The molecule has 0 atom stereocenters. The van der Waals surface area contributed by atoms with Crippen molar-refractivity contribution in [2.75, 3.05) is 25.4 Å². The number of nitrogen functional groups attached to an aromatic ring is 1. The van der Waals surface area contributed by atoms with E-state index in [0.717, 1.165) is 9.87 Å². The van der Waals surface area contributed by atoms with Crippen molar-refractivity contribution in [3.05, 3.63) is 29.8 Å². The Morgan fingerprint density at radius 1 is 1.10 bits per heavy atom. The van der Waals surface area contributed by atoms with Gasteiger partial charge in [0.25, 0.3) is 10.2 Å². The lowest BCUT2D eigenvalue weighted by Crippen LogP contribution is -2.46. The lowest BCUT2D eigenvalue weighted by molar-refractivity contribution is -0.118. The van der Waals surface area contributed by atoms with Gasteiger partial charge in [0, 0.05) is 25.3 Å². The van der Waals surface area contributed by atoms with Gasteiger partial charge in [0.1, 0.15) is 0 Å². The Kier molecular flexibility index (Phi) is 6.13. The smallest absolute Gasteiger partial charge is 0.282 e. The zero-order chi connectivity index (χ0) is 16.0. The molecule has 0 saturated heterocycles. The fraction of sp³-hybridized carbons (Fsp3) is 0.462. The molecule has 0 spiro atoms. The van der Waals surface area contributed by atoms with Crippen molar-refractivity contribution in [3.63, 3.8) is 0 Å². The van der Waals surface area contributed by atoms with Crippen molar-refractivity contribution in [2.45, 2.75) is 20.4 Å². The van der Waals surface area contributed by atoms with Crippen LogP contribution in [0.3, 0.4) is 0 Å². The first-order valence-corrected chi connectivity index (χ1v) is 8.08. The van der Waals surface area contributed by atoms with Crippen LogP contribution in [0.1, 0.15) is 19.4 Å². The fourth-order valence-corrected chi connectivity index (χ4v) is 3.51. The highest BCUT2D eigenvalue weighted by Crippen LogP contribution is 2.14. The number of hydrogen-bond acceptors (Lipinski definition) is 4. The van der Waals surface area contributed by atoms with Crippen LogP contribution < -0.4 is 11.5 Å². The molecule has 0 saturated carbocycles. The maximum Gasteiger partial charge on any atom is 0.282 e. The quantitative estimate of drug-likeness (QED) is 0.665. The molecule has 4 N–H and O–H groups in total. The Morgan fingerprint density at radius 2 is 1.62 bits per heavy atom. The summed E-state index contributed by atoms with van der Waals surface area (Å²) in [6.07, 6.45) is 0. The summed E-state index contributed by atoms with van der Waals surface area (Å²) in [7, 11) is -3.73. The number of carbonyl (C=O) groups is 1. The summed E-state index contributed by atoms with van der Waals surface area (Å²) in [4.78, 5) is 11.2. The molecular formula is C13H22N4O3S. The van der Waals surface area contributed by atoms with E-state index in [1.165, 1.54) is 4.31 Å². The van der Waals surface area contributed by atoms with Crippen molar-refractivity contribution < 1.29 is 13.2 Å². The molecule has 118 valence electrons. The summed E-state index contributed by atoms with van der Waals surface area (Å²) in [5.41, 5.74) is 12.1. The summed E-state index contributed by atoms with van der Waals surface area (Å²) >= 11 is 0. The van der Waals surface area contributed by atoms with E-state index in [-0.39, 0.29) is 13.1 Å². The van der Waals surface area contributed by atoms with Gasteiger partial charge in [0.15, 0.2) is 0 Å². The number of benzene rings is 1. The fourth-order valence-electron chi connectivity index (χ4n) is 1.93. The van der Waals surface area contributed by atoms with Crippen LogP contribution in [-0.4, -0.2) is 42.6 Å². The van der Waals surface area contributed by atoms with Crippen molar-refractivity contribution in [2.24, 2.45) is 5.73 Å². The molecule has 8 heteroatoms. The zero-order valence-corrected chi connectivity index (χ0v) is 13.1. The summed E-state index contributed by atoms with van der Waals surface area (Å²) in [6.45, 7) is 3.86. The van der Waals surface area contributed by atoms with Gasteiger partial charge in [0.2, 0.25) is 5.91 Å². The Labute approximate surface area is 125 Å². The van der Waals surface area contributed by atoms with Crippen LogP contribution >= 0.6 is 0 Å². The van der Waals surface area contributed by atoms with E-state index in [4.69, 9.17) is 11.5 Å². The van der Waals surface area contributed by atoms with Gasteiger partial charge in [-0.25, -0.2) is 0 Å². The number of rotatable bonds is 8. The number of hydrogen-bond donors (Lipinski definition) is 2. The Hall–Kier alpha value is -1.64. The van der Waals surface area contributed by atoms with Gasteiger partial charge in [0.05, 0.1) is 6.54 Å². The number of anilines is 1. The van der Waals surface area contributed by atoms with E-state index in [2.05, 4.69) is 0 Å². The van der Waals surface area contributed by atoms with Crippen molar-refractivity contribution in [1.82, 2.24) is 8.61 Å². The van der Waals surface area contributed by atoms with Gasteiger partial charge in [-0.2, -0.15) is 17.0 Å². The van der Waals surface area contributed by atoms with Crippen LogP contribution in [0.4, 0.5) is 5.69 Å². The van der Waals surface area contributed by atoms with E-state index >= 15 is 0 Å². The maximum absolute atomic E-state index is 12.5. The maximum atomic E-state index is 12.5. The molecule has 0 heterocycles. The van der Waals surface area contributed by atoms with Gasteiger partial charge in [-0.1, -0.05) is 26.0 Å². The van der Waals surface area contributed by atoms with E-state index in [0.29, 0.717) is 18.8 Å². The second-order valence-electron chi connectivity index (χ2n) is 4.57. The third kappa shape index (κ3) is 4.69. The molecule has 7 nitrogen and oxygen atoms in total.